The van der Waals surface area contributed by atoms with Crippen LogP contribution >= 0.6 is 0 Å². The highest BCUT2D eigenvalue weighted by Gasteiger charge is 2.58. The van der Waals surface area contributed by atoms with E-state index >= 15 is 0 Å². The van der Waals surface area contributed by atoms with Crippen molar-refractivity contribution < 1.29 is 19.1 Å². The van der Waals surface area contributed by atoms with Gasteiger partial charge in [0, 0.05) is 24.7 Å². The maximum Gasteiger partial charge on any atom is 0.233 e. The first-order valence-electron chi connectivity index (χ1n) is 9.06. The van der Waals surface area contributed by atoms with Crippen LogP contribution in [0.2, 0.25) is 0 Å². The predicted octanol–water partition coefficient (Wildman–Crippen LogP) is 2.22. The molecular weight excluding hydrogens is 332 g/mol. The van der Waals surface area contributed by atoms with E-state index < -0.39 is 0 Å². The van der Waals surface area contributed by atoms with Crippen LogP contribution in [0.25, 0.3) is 0 Å². The van der Waals surface area contributed by atoms with Gasteiger partial charge in [-0.15, -0.1) is 0 Å². The molecule has 6 heteroatoms. The third kappa shape index (κ3) is 2.79. The molecule has 1 heterocycles. The molecule has 2 fully saturated rings. The van der Waals surface area contributed by atoms with Gasteiger partial charge in [-0.1, -0.05) is 18.2 Å². The van der Waals surface area contributed by atoms with E-state index in [0.29, 0.717) is 24.4 Å². The molecule has 26 heavy (non-hydrogen) atoms. The van der Waals surface area contributed by atoms with Gasteiger partial charge in [-0.3, -0.25) is 19.3 Å². The lowest BCUT2D eigenvalue weighted by atomic mass is 9.85. The summed E-state index contributed by atoms with van der Waals surface area (Å²) in [5.41, 5.74) is 0.667. The van der Waals surface area contributed by atoms with Gasteiger partial charge in [0.1, 0.15) is 5.75 Å². The summed E-state index contributed by atoms with van der Waals surface area (Å²) < 4.78 is 5.13. The number of nitrogens with zero attached hydrogens (tertiary/aromatic N) is 1. The van der Waals surface area contributed by atoms with Gasteiger partial charge in [0.25, 0.3) is 0 Å². The number of carbonyl (C=O) groups excluding carboxylic acids is 3. The van der Waals surface area contributed by atoms with Gasteiger partial charge in [-0.2, -0.15) is 0 Å². The molecule has 0 radical (unpaired) electrons. The summed E-state index contributed by atoms with van der Waals surface area (Å²) in [5.74, 6) is 0.553. The Bertz CT molecular complexity index is 758. The summed E-state index contributed by atoms with van der Waals surface area (Å²) >= 11 is 0. The average molecular weight is 354 g/mol. The van der Waals surface area contributed by atoms with Gasteiger partial charge in [0.15, 0.2) is 0 Å². The number of nitrogens with one attached hydrogen (secondary N) is 1. The number of hydrogen-bond donors (Lipinski definition) is 1. The van der Waals surface area contributed by atoms with Crippen LogP contribution < -0.4 is 10.1 Å². The number of allylic oxidation sites excluding steroid dienone is 2. The molecule has 1 aromatic carbocycles. The Morgan fingerprint density at radius 1 is 1.19 bits per heavy atom. The second-order valence-electron chi connectivity index (χ2n) is 7.21. The lowest BCUT2D eigenvalue weighted by Crippen LogP contribution is -2.34. The van der Waals surface area contributed by atoms with Crippen molar-refractivity contribution in [2.24, 2.45) is 23.7 Å². The number of hydrogen-bond acceptors (Lipinski definition) is 4. The summed E-state index contributed by atoms with van der Waals surface area (Å²) in [7, 11) is 1.57. The van der Waals surface area contributed by atoms with E-state index in [1.807, 2.05) is 0 Å². The number of anilines is 1. The summed E-state index contributed by atoms with van der Waals surface area (Å²) in [6.45, 7) is 0.315. The van der Waals surface area contributed by atoms with E-state index in [1.165, 1.54) is 4.90 Å². The first-order valence-corrected chi connectivity index (χ1v) is 9.06. The monoisotopic (exact) mass is 354 g/mol. The van der Waals surface area contributed by atoms with Gasteiger partial charge in [0.2, 0.25) is 17.7 Å². The molecule has 2 bridgehead atoms. The van der Waals surface area contributed by atoms with Crippen molar-refractivity contribution in [2.75, 3.05) is 19.0 Å². The van der Waals surface area contributed by atoms with E-state index in [-0.39, 0.29) is 47.8 Å². The Morgan fingerprint density at radius 3 is 2.54 bits per heavy atom. The van der Waals surface area contributed by atoms with Crippen molar-refractivity contribution in [3.8, 4) is 5.75 Å². The number of ether oxygens (including phenoxy) is 1. The van der Waals surface area contributed by atoms with Crippen molar-refractivity contribution in [1.29, 1.82) is 0 Å². The molecule has 4 atom stereocenters. The lowest BCUT2D eigenvalue weighted by Gasteiger charge is -2.17. The lowest BCUT2D eigenvalue weighted by molar-refractivity contribution is -0.141. The fourth-order valence-electron chi connectivity index (χ4n) is 4.51. The van der Waals surface area contributed by atoms with Gasteiger partial charge >= 0.3 is 0 Å². The minimum absolute atomic E-state index is 0.0509. The highest BCUT2D eigenvalue weighted by molar-refractivity contribution is 6.06. The standard InChI is InChI=1S/C20H22N2O4/c1-26-15-5-2-4-14(11-15)21-16(23)6-3-9-22-19(24)17-12-7-8-13(10-12)18(17)20(22)25/h2,4-5,7-8,11-13,17-18H,3,6,9-10H2,1H3,(H,21,23)/t12-,13-,17+,18+/m0/s1. The number of imide groups is 1. The zero-order valence-electron chi connectivity index (χ0n) is 14.7. The second-order valence-corrected chi connectivity index (χ2v) is 7.21. The Morgan fingerprint density at radius 2 is 1.88 bits per heavy atom. The maximum atomic E-state index is 12.6. The molecule has 3 aliphatic rings. The van der Waals surface area contributed by atoms with Crippen LogP contribution in [0, 0.1) is 23.7 Å². The molecular formula is C20H22N2O4. The molecule has 1 aliphatic heterocycles. The normalized spacial score (nSPS) is 28.6. The third-order valence-corrected chi connectivity index (χ3v) is 5.70. The van der Waals surface area contributed by atoms with Crippen molar-refractivity contribution in [1.82, 2.24) is 4.90 Å². The second kappa shape index (κ2) is 6.59. The van der Waals surface area contributed by atoms with Gasteiger partial charge in [-0.25, -0.2) is 0 Å². The topological polar surface area (TPSA) is 75.7 Å². The van der Waals surface area contributed by atoms with Crippen molar-refractivity contribution in [2.45, 2.75) is 19.3 Å². The van der Waals surface area contributed by atoms with Crippen LogP contribution in [0.3, 0.4) is 0 Å². The summed E-state index contributed by atoms with van der Waals surface area (Å²) in [5, 5.41) is 2.81. The quantitative estimate of drug-likeness (QED) is 0.628. The summed E-state index contributed by atoms with van der Waals surface area (Å²) in [6, 6.07) is 7.14. The van der Waals surface area contributed by atoms with Crippen LogP contribution in [-0.4, -0.2) is 36.3 Å². The van der Waals surface area contributed by atoms with E-state index in [9.17, 15) is 14.4 Å². The smallest absolute Gasteiger partial charge is 0.233 e. The van der Waals surface area contributed by atoms with Crippen molar-refractivity contribution in [3.63, 3.8) is 0 Å². The SMILES string of the molecule is COc1cccc(NC(=O)CCCN2C(=O)[C@H]3[C@H](C2=O)[C@H]2C=C[C@H]3C2)c1. The van der Waals surface area contributed by atoms with Crippen LogP contribution in [0.15, 0.2) is 36.4 Å². The Kier molecular flexibility index (Phi) is 4.26. The number of benzene rings is 1. The molecule has 6 nitrogen and oxygen atoms in total. The zero-order chi connectivity index (χ0) is 18.3. The molecule has 1 aromatic rings. The average Bonchev–Trinajstić information content (AvgIpc) is 3.31. The third-order valence-electron chi connectivity index (χ3n) is 5.70. The molecule has 4 rings (SSSR count). The number of carbonyl (C=O) groups is 3. The highest BCUT2D eigenvalue weighted by Crippen LogP contribution is 2.52. The minimum atomic E-state index is -0.164. The number of fused-ring (bicyclic) bond motifs is 5. The number of methoxy groups -OCH3 is 1. The van der Waals surface area contributed by atoms with Crippen molar-refractivity contribution >= 4 is 23.4 Å². The number of amides is 3. The van der Waals surface area contributed by atoms with Crippen LogP contribution in [0.4, 0.5) is 5.69 Å². The fourth-order valence-corrected chi connectivity index (χ4v) is 4.51. The van der Waals surface area contributed by atoms with E-state index in [1.54, 1.807) is 31.4 Å². The molecule has 1 saturated heterocycles. The fraction of sp³-hybridized carbons (Fsp3) is 0.450. The number of rotatable bonds is 6. The highest BCUT2D eigenvalue weighted by atomic mass is 16.5. The summed E-state index contributed by atoms with van der Waals surface area (Å²) in [6.07, 6.45) is 5.83. The first kappa shape index (κ1) is 16.8. The molecule has 0 aromatic heterocycles. The van der Waals surface area contributed by atoms with Crippen LogP contribution in [0.1, 0.15) is 19.3 Å². The van der Waals surface area contributed by atoms with Gasteiger partial charge < -0.3 is 10.1 Å². The minimum Gasteiger partial charge on any atom is -0.497 e. The van der Waals surface area contributed by atoms with Gasteiger partial charge in [-0.05, 0) is 36.8 Å². The first-order chi connectivity index (χ1) is 12.6. The number of likely N-dealkylation sites (tertiary alicyclic amines) is 1. The molecule has 136 valence electrons. The molecule has 3 amide bonds. The van der Waals surface area contributed by atoms with Gasteiger partial charge in [0.05, 0.1) is 18.9 Å². The molecule has 1 saturated carbocycles. The zero-order valence-corrected chi connectivity index (χ0v) is 14.7. The largest absolute Gasteiger partial charge is 0.497 e. The molecule has 0 spiro atoms. The van der Waals surface area contributed by atoms with E-state index in [4.69, 9.17) is 4.74 Å². The summed E-state index contributed by atoms with van der Waals surface area (Å²) in [4.78, 5) is 38.6. The molecule has 0 unspecified atom stereocenters. The maximum absolute atomic E-state index is 12.6. The Balaban J connectivity index is 1.29. The van der Waals surface area contributed by atoms with Crippen LogP contribution in [0.5, 0.6) is 5.75 Å². The predicted molar refractivity (Wildman–Crippen MR) is 95.3 cm³/mol. The molecule has 1 N–H and O–H groups in total. The molecule has 2 aliphatic carbocycles. The van der Waals surface area contributed by atoms with E-state index in [0.717, 1.165) is 6.42 Å². The Hall–Kier alpha value is -2.63. The Labute approximate surface area is 152 Å². The van der Waals surface area contributed by atoms with Crippen LogP contribution in [-0.2, 0) is 14.4 Å². The van der Waals surface area contributed by atoms with E-state index in [2.05, 4.69) is 17.5 Å². The van der Waals surface area contributed by atoms with Crippen molar-refractivity contribution in [3.05, 3.63) is 36.4 Å².